The second-order valence-electron chi connectivity index (χ2n) is 3.38. The third-order valence-electron chi connectivity index (χ3n) is 2.07. The summed E-state index contributed by atoms with van der Waals surface area (Å²) in [6.07, 6.45) is 0.926. The molecule has 1 rings (SSSR count). The van der Waals surface area contributed by atoms with Crippen molar-refractivity contribution in [2.75, 3.05) is 0 Å². The summed E-state index contributed by atoms with van der Waals surface area (Å²) in [5.41, 5.74) is 5.94. The molecular weight excluding hydrogens is 204 g/mol. The molecule has 0 aliphatic carbocycles. The van der Waals surface area contributed by atoms with E-state index >= 15 is 0 Å². The Morgan fingerprint density at radius 1 is 1.25 bits per heavy atom. The third-order valence-corrected chi connectivity index (χ3v) is 2.07. The number of aryl methyl sites for hydroxylation is 1. The number of hydrogen-bond acceptors (Lipinski definition) is 2. The van der Waals surface area contributed by atoms with Crippen LogP contribution in [-0.4, -0.2) is 11.8 Å². The van der Waals surface area contributed by atoms with Gasteiger partial charge in [-0.1, -0.05) is 36.9 Å². The van der Waals surface area contributed by atoms with Gasteiger partial charge in [-0.2, -0.15) is 0 Å². The van der Waals surface area contributed by atoms with Crippen LogP contribution in [0.2, 0.25) is 0 Å². The maximum Gasteiger partial charge on any atom is 0.264 e. The Morgan fingerprint density at radius 3 is 2.44 bits per heavy atom. The lowest BCUT2D eigenvalue weighted by Crippen LogP contribution is -2.30. The third kappa shape index (κ3) is 3.96. The molecule has 2 amide bonds. The van der Waals surface area contributed by atoms with E-state index in [2.05, 4.69) is 11.9 Å². The molecular formula is C12H14N2O2. The maximum absolute atomic E-state index is 11.4. The highest BCUT2D eigenvalue weighted by Gasteiger charge is 2.06. The first kappa shape index (κ1) is 12.0. The largest absolute Gasteiger partial charge is 0.364 e. The van der Waals surface area contributed by atoms with Gasteiger partial charge in [0.05, 0.1) is 5.70 Å². The van der Waals surface area contributed by atoms with Crippen LogP contribution in [0.15, 0.2) is 42.6 Å². The number of amides is 2. The van der Waals surface area contributed by atoms with E-state index in [1.165, 1.54) is 0 Å². The summed E-state index contributed by atoms with van der Waals surface area (Å²) in [6, 6.07) is 9.62. The summed E-state index contributed by atoms with van der Waals surface area (Å²) in [7, 11) is 0. The Balaban J connectivity index is 2.36. The first-order valence-corrected chi connectivity index (χ1v) is 4.92. The summed E-state index contributed by atoms with van der Waals surface area (Å²) < 4.78 is 0. The standard InChI is InChI=1S/C12H14N2O2/c1-9(12(13)16)14-11(15)8-7-10-5-3-2-4-6-10/h2-6H,1,7-8H2,(H2,13,16)(H,14,15). The molecule has 0 aliphatic rings. The first-order valence-electron chi connectivity index (χ1n) is 4.92. The lowest BCUT2D eigenvalue weighted by molar-refractivity contribution is -0.122. The molecule has 1 aromatic rings. The zero-order valence-corrected chi connectivity index (χ0v) is 8.90. The zero-order chi connectivity index (χ0) is 12.0. The molecule has 0 fully saturated rings. The quantitative estimate of drug-likeness (QED) is 0.715. The summed E-state index contributed by atoms with van der Waals surface area (Å²) in [5, 5.41) is 2.34. The van der Waals surface area contributed by atoms with Crippen LogP contribution in [0.1, 0.15) is 12.0 Å². The van der Waals surface area contributed by atoms with Crippen molar-refractivity contribution in [3.8, 4) is 0 Å². The molecule has 0 bridgehead atoms. The number of hydrogen-bond donors (Lipinski definition) is 2. The number of carbonyl (C=O) groups excluding carboxylic acids is 2. The van der Waals surface area contributed by atoms with Gasteiger partial charge in [0.25, 0.3) is 5.91 Å². The second-order valence-corrected chi connectivity index (χ2v) is 3.38. The van der Waals surface area contributed by atoms with Gasteiger partial charge < -0.3 is 11.1 Å². The second kappa shape index (κ2) is 5.70. The number of carbonyl (C=O) groups is 2. The molecule has 0 atom stereocenters. The molecule has 0 unspecified atom stereocenters. The molecule has 3 N–H and O–H groups in total. The van der Waals surface area contributed by atoms with Crippen molar-refractivity contribution in [1.82, 2.24) is 5.32 Å². The molecule has 0 aliphatic heterocycles. The number of benzene rings is 1. The normalized spacial score (nSPS) is 9.50. The molecule has 0 spiro atoms. The molecule has 4 heteroatoms. The molecule has 0 heterocycles. The Morgan fingerprint density at radius 2 is 1.88 bits per heavy atom. The molecule has 4 nitrogen and oxygen atoms in total. The highest BCUT2D eigenvalue weighted by atomic mass is 16.2. The fraction of sp³-hybridized carbons (Fsp3) is 0.167. The highest BCUT2D eigenvalue weighted by molar-refractivity contribution is 5.95. The van der Waals surface area contributed by atoms with E-state index in [4.69, 9.17) is 5.73 Å². The summed E-state index contributed by atoms with van der Waals surface area (Å²) >= 11 is 0. The lowest BCUT2D eigenvalue weighted by Gasteiger charge is -2.04. The van der Waals surface area contributed by atoms with E-state index in [1.807, 2.05) is 30.3 Å². The van der Waals surface area contributed by atoms with Gasteiger partial charge >= 0.3 is 0 Å². The minimum Gasteiger partial charge on any atom is -0.364 e. The van der Waals surface area contributed by atoms with Crippen molar-refractivity contribution < 1.29 is 9.59 Å². The Labute approximate surface area is 94.1 Å². The number of nitrogens with one attached hydrogen (secondary N) is 1. The average molecular weight is 218 g/mol. The van der Waals surface area contributed by atoms with Gasteiger partial charge in [0.1, 0.15) is 0 Å². The first-order chi connectivity index (χ1) is 7.59. The van der Waals surface area contributed by atoms with Crippen molar-refractivity contribution in [3.63, 3.8) is 0 Å². The van der Waals surface area contributed by atoms with E-state index < -0.39 is 5.91 Å². The molecule has 0 saturated carbocycles. The topological polar surface area (TPSA) is 72.2 Å². The van der Waals surface area contributed by atoms with Crippen molar-refractivity contribution >= 4 is 11.8 Å². The van der Waals surface area contributed by atoms with E-state index in [0.29, 0.717) is 12.8 Å². The van der Waals surface area contributed by atoms with Crippen LogP contribution in [0.4, 0.5) is 0 Å². The van der Waals surface area contributed by atoms with Crippen LogP contribution >= 0.6 is 0 Å². The Bertz CT molecular complexity index is 399. The zero-order valence-electron chi connectivity index (χ0n) is 8.90. The minimum absolute atomic E-state index is 0.0712. The molecule has 1 aromatic carbocycles. The van der Waals surface area contributed by atoms with Gasteiger partial charge in [-0.3, -0.25) is 9.59 Å². The molecule has 16 heavy (non-hydrogen) atoms. The predicted octanol–water partition coefficient (Wildman–Crippen LogP) is 0.734. The summed E-state index contributed by atoms with van der Waals surface area (Å²) in [4.78, 5) is 22.0. The predicted molar refractivity (Wildman–Crippen MR) is 61.2 cm³/mol. The molecule has 84 valence electrons. The van der Waals surface area contributed by atoms with Gasteiger partial charge in [0.2, 0.25) is 5.91 Å². The van der Waals surface area contributed by atoms with Crippen molar-refractivity contribution in [1.29, 1.82) is 0 Å². The van der Waals surface area contributed by atoms with Crippen LogP contribution in [-0.2, 0) is 16.0 Å². The molecule has 0 saturated heterocycles. The fourth-order valence-corrected chi connectivity index (χ4v) is 1.19. The monoisotopic (exact) mass is 218 g/mol. The van der Waals surface area contributed by atoms with Gasteiger partial charge in [-0.25, -0.2) is 0 Å². The van der Waals surface area contributed by atoms with E-state index in [0.717, 1.165) is 5.56 Å². The van der Waals surface area contributed by atoms with Crippen LogP contribution in [0.5, 0.6) is 0 Å². The Hall–Kier alpha value is -2.10. The number of primary amides is 1. The van der Waals surface area contributed by atoms with Gasteiger partial charge in [0, 0.05) is 6.42 Å². The van der Waals surface area contributed by atoms with E-state index in [-0.39, 0.29) is 11.6 Å². The highest BCUT2D eigenvalue weighted by Crippen LogP contribution is 2.02. The van der Waals surface area contributed by atoms with Gasteiger partial charge in [-0.05, 0) is 12.0 Å². The van der Waals surface area contributed by atoms with Crippen LogP contribution < -0.4 is 11.1 Å². The van der Waals surface area contributed by atoms with Crippen LogP contribution in [0.3, 0.4) is 0 Å². The number of nitrogens with two attached hydrogens (primary N) is 1. The van der Waals surface area contributed by atoms with Crippen molar-refractivity contribution in [2.45, 2.75) is 12.8 Å². The summed E-state index contributed by atoms with van der Waals surface area (Å²) in [6.45, 7) is 3.34. The molecule has 0 radical (unpaired) electrons. The smallest absolute Gasteiger partial charge is 0.264 e. The van der Waals surface area contributed by atoms with Crippen LogP contribution in [0.25, 0.3) is 0 Å². The van der Waals surface area contributed by atoms with Gasteiger partial charge in [0.15, 0.2) is 0 Å². The fourth-order valence-electron chi connectivity index (χ4n) is 1.19. The maximum atomic E-state index is 11.4. The van der Waals surface area contributed by atoms with E-state index in [1.54, 1.807) is 0 Å². The van der Waals surface area contributed by atoms with Crippen LogP contribution in [0, 0.1) is 0 Å². The average Bonchev–Trinajstić information content (AvgIpc) is 2.27. The van der Waals surface area contributed by atoms with Crippen molar-refractivity contribution in [3.05, 3.63) is 48.2 Å². The number of rotatable bonds is 5. The molecule has 0 aromatic heterocycles. The Kier molecular flexibility index (Phi) is 4.27. The minimum atomic E-state index is -0.715. The SMILES string of the molecule is C=C(NC(=O)CCc1ccccc1)C(N)=O. The van der Waals surface area contributed by atoms with Gasteiger partial charge in [-0.15, -0.1) is 0 Å². The van der Waals surface area contributed by atoms with Crippen molar-refractivity contribution in [2.24, 2.45) is 5.73 Å². The van der Waals surface area contributed by atoms with E-state index in [9.17, 15) is 9.59 Å². The lowest BCUT2D eigenvalue weighted by atomic mass is 10.1. The summed E-state index contributed by atoms with van der Waals surface area (Å²) in [5.74, 6) is -0.972.